The minimum atomic E-state index is -2.91. The number of para-hydroxylation sites is 1. The molecule has 0 saturated heterocycles. The zero-order chi connectivity index (χ0) is 24.7. The predicted molar refractivity (Wildman–Crippen MR) is 138 cm³/mol. The van der Waals surface area contributed by atoms with Gasteiger partial charge in [-0.05, 0) is 88.2 Å². The topological polar surface area (TPSA) is 47.1 Å². The van der Waals surface area contributed by atoms with Crippen LogP contribution in [0.25, 0.3) is 22.6 Å². The van der Waals surface area contributed by atoms with Crippen molar-refractivity contribution in [1.82, 2.24) is 9.97 Å². The standard InChI is InChI=1S/C27H18Br2F2N2O2/c1-27(2)24-23(32-25(33-24)22-18(28)7-5-8-19(22)29)17-13-11-15(14-21(17)35-27)10-12-16-6-3-4-9-20(16)34-26(30)31/h3-9,11,13-14,26H,1-2H3,(H,32,33). The van der Waals surface area contributed by atoms with E-state index in [0.717, 1.165) is 37.3 Å². The summed E-state index contributed by atoms with van der Waals surface area (Å²) in [6, 6.07) is 17.9. The van der Waals surface area contributed by atoms with Gasteiger partial charge >= 0.3 is 6.61 Å². The number of aromatic amines is 1. The maximum absolute atomic E-state index is 12.7. The van der Waals surface area contributed by atoms with E-state index in [9.17, 15) is 8.78 Å². The fourth-order valence-electron chi connectivity index (χ4n) is 3.96. The van der Waals surface area contributed by atoms with E-state index in [1.807, 2.05) is 50.2 Å². The van der Waals surface area contributed by atoms with Crippen molar-refractivity contribution in [3.63, 3.8) is 0 Å². The second-order valence-corrected chi connectivity index (χ2v) is 10.1. The van der Waals surface area contributed by atoms with Gasteiger partial charge in [-0.1, -0.05) is 30.0 Å². The first kappa shape index (κ1) is 23.6. The molecule has 1 aliphatic rings. The zero-order valence-corrected chi connectivity index (χ0v) is 21.8. The van der Waals surface area contributed by atoms with Crippen LogP contribution in [-0.4, -0.2) is 16.6 Å². The number of hydrogen-bond acceptors (Lipinski definition) is 3. The molecule has 35 heavy (non-hydrogen) atoms. The van der Waals surface area contributed by atoms with Crippen molar-refractivity contribution in [2.75, 3.05) is 0 Å². The highest BCUT2D eigenvalue weighted by Crippen LogP contribution is 2.46. The fraction of sp³-hybridized carbons (Fsp3) is 0.148. The number of imidazole rings is 1. The molecular formula is C27H18Br2F2N2O2. The number of H-pyrrole nitrogens is 1. The molecule has 5 rings (SSSR count). The number of aromatic nitrogens is 2. The lowest BCUT2D eigenvalue weighted by molar-refractivity contribution is -0.0500. The Labute approximate surface area is 218 Å². The summed E-state index contributed by atoms with van der Waals surface area (Å²) in [5.41, 5.74) is 3.85. The first-order chi connectivity index (χ1) is 16.7. The van der Waals surface area contributed by atoms with Crippen LogP contribution >= 0.6 is 31.9 Å². The Balaban J connectivity index is 1.54. The first-order valence-corrected chi connectivity index (χ1v) is 12.3. The van der Waals surface area contributed by atoms with Crippen LogP contribution in [0.4, 0.5) is 8.78 Å². The molecule has 4 nitrogen and oxygen atoms in total. The number of rotatable bonds is 3. The van der Waals surface area contributed by atoms with Crippen LogP contribution in [-0.2, 0) is 5.60 Å². The Kier molecular flexibility index (Phi) is 6.16. The molecule has 0 unspecified atom stereocenters. The van der Waals surface area contributed by atoms with Crippen LogP contribution in [0.15, 0.2) is 69.6 Å². The van der Waals surface area contributed by atoms with Crippen molar-refractivity contribution in [1.29, 1.82) is 0 Å². The number of hydrogen-bond donors (Lipinski definition) is 1. The summed E-state index contributed by atoms with van der Waals surface area (Å²) in [6.45, 7) is 1.03. The monoisotopic (exact) mass is 598 g/mol. The molecule has 0 bridgehead atoms. The second-order valence-electron chi connectivity index (χ2n) is 8.35. The summed E-state index contributed by atoms with van der Waals surface area (Å²) < 4.78 is 38.1. The summed E-state index contributed by atoms with van der Waals surface area (Å²) in [6.07, 6.45) is 0. The fourth-order valence-corrected chi connectivity index (χ4v) is 5.33. The smallest absolute Gasteiger partial charge is 0.387 e. The molecule has 4 aromatic rings. The Morgan fingerprint density at radius 3 is 2.49 bits per heavy atom. The lowest BCUT2D eigenvalue weighted by atomic mass is 9.94. The van der Waals surface area contributed by atoms with E-state index in [4.69, 9.17) is 9.72 Å². The van der Waals surface area contributed by atoms with Crippen molar-refractivity contribution < 1.29 is 18.3 Å². The molecule has 1 aliphatic heterocycles. The van der Waals surface area contributed by atoms with Crippen molar-refractivity contribution >= 4 is 31.9 Å². The maximum atomic E-state index is 12.7. The number of nitrogens with one attached hydrogen (secondary N) is 1. The van der Waals surface area contributed by atoms with E-state index < -0.39 is 12.2 Å². The average molecular weight is 600 g/mol. The largest absolute Gasteiger partial charge is 0.481 e. The van der Waals surface area contributed by atoms with Gasteiger partial charge in [0.05, 0.1) is 17.0 Å². The minimum absolute atomic E-state index is 0.0391. The molecule has 3 aromatic carbocycles. The van der Waals surface area contributed by atoms with Crippen LogP contribution in [0.2, 0.25) is 0 Å². The van der Waals surface area contributed by atoms with Gasteiger partial charge in [-0.15, -0.1) is 0 Å². The van der Waals surface area contributed by atoms with Gasteiger partial charge < -0.3 is 14.5 Å². The highest BCUT2D eigenvalue weighted by atomic mass is 79.9. The molecule has 176 valence electrons. The van der Waals surface area contributed by atoms with Crippen LogP contribution in [0.5, 0.6) is 11.5 Å². The zero-order valence-electron chi connectivity index (χ0n) is 18.6. The van der Waals surface area contributed by atoms with Crippen molar-refractivity contribution in [3.05, 3.63) is 86.4 Å². The van der Waals surface area contributed by atoms with E-state index in [2.05, 4.69) is 53.4 Å². The number of alkyl halides is 2. The van der Waals surface area contributed by atoms with Gasteiger partial charge in [-0.3, -0.25) is 0 Å². The van der Waals surface area contributed by atoms with Crippen molar-refractivity contribution in [3.8, 4) is 46.0 Å². The van der Waals surface area contributed by atoms with E-state index in [0.29, 0.717) is 16.9 Å². The summed E-state index contributed by atoms with van der Waals surface area (Å²) in [5, 5.41) is 0. The van der Waals surface area contributed by atoms with E-state index in [1.54, 1.807) is 18.2 Å². The molecule has 0 radical (unpaired) electrons. The van der Waals surface area contributed by atoms with Gasteiger partial charge in [0.25, 0.3) is 0 Å². The van der Waals surface area contributed by atoms with Crippen LogP contribution in [0.3, 0.4) is 0 Å². The molecular weight excluding hydrogens is 582 g/mol. The Morgan fingerprint density at radius 2 is 1.74 bits per heavy atom. The summed E-state index contributed by atoms with van der Waals surface area (Å²) in [4.78, 5) is 8.37. The Hall–Kier alpha value is -3.15. The molecule has 2 heterocycles. The van der Waals surface area contributed by atoms with E-state index in [1.165, 1.54) is 6.07 Å². The first-order valence-electron chi connectivity index (χ1n) is 10.7. The molecule has 0 amide bonds. The summed E-state index contributed by atoms with van der Waals surface area (Å²) in [5.74, 6) is 7.36. The predicted octanol–water partition coefficient (Wildman–Crippen LogP) is 7.90. The quantitative estimate of drug-likeness (QED) is 0.244. The highest BCUT2D eigenvalue weighted by molar-refractivity contribution is 9.11. The molecule has 8 heteroatoms. The average Bonchev–Trinajstić information content (AvgIpc) is 3.24. The molecule has 0 spiro atoms. The van der Waals surface area contributed by atoms with Gasteiger partial charge in [0.2, 0.25) is 0 Å². The van der Waals surface area contributed by atoms with Gasteiger partial charge in [0.1, 0.15) is 22.9 Å². The van der Waals surface area contributed by atoms with E-state index in [-0.39, 0.29) is 5.75 Å². The number of fused-ring (bicyclic) bond motifs is 3. The van der Waals surface area contributed by atoms with Gasteiger partial charge in [-0.25, -0.2) is 4.98 Å². The third-order valence-corrected chi connectivity index (χ3v) is 6.87. The SMILES string of the molecule is CC1(C)Oc2cc(C#Cc3ccccc3OC(F)F)ccc2-c2nc(-c3c(Br)cccc3Br)[nH]c21. The van der Waals surface area contributed by atoms with Crippen LogP contribution in [0.1, 0.15) is 30.7 Å². The van der Waals surface area contributed by atoms with Gasteiger partial charge in [0, 0.05) is 25.6 Å². The molecule has 0 aliphatic carbocycles. The summed E-state index contributed by atoms with van der Waals surface area (Å²) >= 11 is 7.23. The summed E-state index contributed by atoms with van der Waals surface area (Å²) in [7, 11) is 0. The molecule has 1 N–H and O–H groups in total. The van der Waals surface area contributed by atoms with Crippen LogP contribution < -0.4 is 9.47 Å². The maximum Gasteiger partial charge on any atom is 0.387 e. The third-order valence-electron chi connectivity index (χ3n) is 5.55. The molecule has 0 fully saturated rings. The van der Waals surface area contributed by atoms with Gasteiger partial charge in [0.15, 0.2) is 0 Å². The molecule has 1 aromatic heterocycles. The minimum Gasteiger partial charge on any atom is -0.481 e. The van der Waals surface area contributed by atoms with E-state index >= 15 is 0 Å². The number of ether oxygens (including phenoxy) is 2. The highest BCUT2D eigenvalue weighted by Gasteiger charge is 2.36. The molecule has 0 saturated carbocycles. The second kappa shape index (κ2) is 9.14. The Bertz CT molecular complexity index is 1480. The lowest BCUT2D eigenvalue weighted by Crippen LogP contribution is -2.29. The van der Waals surface area contributed by atoms with Crippen LogP contribution in [0, 0.1) is 11.8 Å². The van der Waals surface area contributed by atoms with Gasteiger partial charge in [-0.2, -0.15) is 8.78 Å². The third kappa shape index (κ3) is 4.58. The Morgan fingerprint density at radius 1 is 1.00 bits per heavy atom. The van der Waals surface area contributed by atoms with Crippen molar-refractivity contribution in [2.45, 2.75) is 26.1 Å². The number of nitrogens with zero attached hydrogens (tertiary/aromatic N) is 1. The number of benzene rings is 3. The number of halogens is 4. The lowest BCUT2D eigenvalue weighted by Gasteiger charge is -2.31. The van der Waals surface area contributed by atoms with Crippen molar-refractivity contribution in [2.24, 2.45) is 0 Å². The molecule has 0 atom stereocenters. The normalized spacial score (nSPS) is 13.3.